The molecule has 128 valence electrons. The van der Waals surface area contributed by atoms with Gasteiger partial charge in [0, 0.05) is 43.4 Å². The molecule has 0 spiro atoms. The summed E-state index contributed by atoms with van der Waals surface area (Å²) in [6, 6.07) is 0.919. The lowest BCUT2D eigenvalue weighted by Crippen LogP contribution is -2.57. The fraction of sp³-hybridized carbons (Fsp3) is 0.750. The van der Waals surface area contributed by atoms with Crippen molar-refractivity contribution in [2.45, 2.75) is 44.4 Å². The van der Waals surface area contributed by atoms with E-state index in [9.17, 15) is 4.79 Å². The van der Waals surface area contributed by atoms with Crippen molar-refractivity contribution in [3.8, 4) is 0 Å². The molecule has 1 aromatic heterocycles. The van der Waals surface area contributed by atoms with Crippen molar-refractivity contribution in [2.24, 2.45) is 0 Å². The maximum atomic E-state index is 11.2. The number of methoxy groups -OCH3 is 1. The van der Waals surface area contributed by atoms with Crippen LogP contribution in [0.3, 0.4) is 0 Å². The number of rotatable bonds is 7. The second-order valence-corrected chi connectivity index (χ2v) is 7.27. The number of hydrogen-bond acceptors (Lipinski definition) is 7. The first-order chi connectivity index (χ1) is 11.2. The highest BCUT2D eigenvalue weighted by Gasteiger charge is 2.37. The van der Waals surface area contributed by atoms with Crippen molar-refractivity contribution in [2.75, 3.05) is 33.4 Å². The quantitative estimate of drug-likeness (QED) is 0.757. The molecule has 0 unspecified atom stereocenters. The molecule has 0 aromatic carbocycles. The second kappa shape index (κ2) is 7.70. The number of carbonyl (C=O) groups is 1. The zero-order chi connectivity index (χ0) is 16.2. The van der Waals surface area contributed by atoms with E-state index in [1.165, 1.54) is 7.11 Å². The van der Waals surface area contributed by atoms with Crippen molar-refractivity contribution >= 4 is 17.3 Å². The van der Waals surface area contributed by atoms with Gasteiger partial charge in [-0.1, -0.05) is 0 Å². The summed E-state index contributed by atoms with van der Waals surface area (Å²) in [5, 5.41) is 4.72. The number of hydrogen-bond donors (Lipinski definition) is 1. The van der Waals surface area contributed by atoms with Gasteiger partial charge in [-0.3, -0.25) is 9.69 Å². The largest absolute Gasteiger partial charge is 0.469 e. The van der Waals surface area contributed by atoms with Crippen molar-refractivity contribution in [3.05, 3.63) is 16.1 Å². The van der Waals surface area contributed by atoms with Gasteiger partial charge in [-0.05, 0) is 19.8 Å². The average Bonchev–Trinajstić information content (AvgIpc) is 3.16. The number of ether oxygens (including phenoxy) is 2. The van der Waals surface area contributed by atoms with Crippen LogP contribution in [0.15, 0.2) is 6.20 Å². The molecule has 1 N–H and O–H groups in total. The minimum atomic E-state index is -0.166. The molecule has 0 radical (unpaired) electrons. The summed E-state index contributed by atoms with van der Waals surface area (Å²) in [6.07, 6.45) is 4.55. The second-order valence-electron chi connectivity index (χ2n) is 6.12. The smallest absolute Gasteiger partial charge is 0.305 e. The zero-order valence-electron chi connectivity index (χ0n) is 13.8. The monoisotopic (exact) mass is 339 g/mol. The minimum absolute atomic E-state index is 0.166. The number of carbonyl (C=O) groups excluding carboxylic acids is 1. The molecule has 7 heteroatoms. The Hall–Kier alpha value is -1.02. The fourth-order valence-electron chi connectivity index (χ4n) is 3.22. The van der Waals surface area contributed by atoms with Gasteiger partial charge in [-0.25, -0.2) is 4.98 Å². The number of esters is 1. The van der Waals surface area contributed by atoms with Crippen LogP contribution in [0.1, 0.15) is 35.7 Å². The molecule has 0 aliphatic carbocycles. The number of likely N-dealkylation sites (tertiary alicyclic amines) is 1. The number of nitrogens with one attached hydrogen (secondary N) is 1. The van der Waals surface area contributed by atoms with Crippen LogP contribution >= 0.6 is 11.3 Å². The molecule has 2 fully saturated rings. The first kappa shape index (κ1) is 16.8. The third-order valence-electron chi connectivity index (χ3n) is 4.58. The van der Waals surface area contributed by atoms with Crippen LogP contribution in [0.4, 0.5) is 0 Å². The summed E-state index contributed by atoms with van der Waals surface area (Å²) < 4.78 is 10.3. The van der Waals surface area contributed by atoms with Crippen LogP contribution in [-0.2, 0) is 20.7 Å². The van der Waals surface area contributed by atoms with Gasteiger partial charge in [0.05, 0.1) is 25.7 Å². The van der Waals surface area contributed by atoms with Crippen LogP contribution in [0.2, 0.25) is 0 Å². The van der Waals surface area contributed by atoms with Gasteiger partial charge in [0.25, 0.3) is 0 Å². The van der Waals surface area contributed by atoms with E-state index in [2.05, 4.69) is 26.9 Å². The standard InChI is InChI=1S/C16H25N3O3S/c1-3-22-12-9-19(10-12)11-6-14(17-7-11)16-18-8-13(23-16)4-5-15(20)21-2/h8,11-12,14,17H,3-7,9-10H2,1-2H3/t11-,14-/m0/s1. The summed E-state index contributed by atoms with van der Waals surface area (Å²) in [4.78, 5) is 19.4. The van der Waals surface area contributed by atoms with E-state index in [-0.39, 0.29) is 5.97 Å². The Labute approximate surface area is 141 Å². The van der Waals surface area contributed by atoms with E-state index in [0.29, 0.717) is 31.0 Å². The van der Waals surface area contributed by atoms with Crippen molar-refractivity contribution in [1.82, 2.24) is 15.2 Å². The Morgan fingerprint density at radius 1 is 1.52 bits per heavy atom. The van der Waals surface area contributed by atoms with E-state index < -0.39 is 0 Å². The highest BCUT2D eigenvalue weighted by Crippen LogP contribution is 2.31. The highest BCUT2D eigenvalue weighted by atomic mass is 32.1. The summed E-state index contributed by atoms with van der Waals surface area (Å²) in [5.74, 6) is -0.166. The van der Waals surface area contributed by atoms with Crippen LogP contribution < -0.4 is 5.32 Å². The Bertz CT molecular complexity index is 530. The molecule has 3 rings (SSSR count). The predicted molar refractivity (Wildman–Crippen MR) is 88.6 cm³/mol. The Kier molecular flexibility index (Phi) is 5.63. The van der Waals surface area contributed by atoms with Gasteiger partial charge in [0.2, 0.25) is 0 Å². The van der Waals surface area contributed by atoms with Crippen LogP contribution in [0.5, 0.6) is 0 Å². The van der Waals surface area contributed by atoms with Crippen LogP contribution in [-0.4, -0.2) is 61.3 Å². The molecule has 6 nitrogen and oxygen atoms in total. The maximum Gasteiger partial charge on any atom is 0.305 e. The summed E-state index contributed by atoms with van der Waals surface area (Å²) in [6.45, 7) is 5.97. The summed E-state index contributed by atoms with van der Waals surface area (Å²) >= 11 is 1.71. The molecule has 0 bridgehead atoms. The minimum Gasteiger partial charge on any atom is -0.469 e. The molecule has 0 amide bonds. The first-order valence-corrected chi connectivity index (χ1v) is 9.11. The molecule has 2 atom stereocenters. The molecule has 3 heterocycles. The van der Waals surface area contributed by atoms with E-state index >= 15 is 0 Å². The fourth-order valence-corrected chi connectivity index (χ4v) is 4.22. The lowest BCUT2D eigenvalue weighted by molar-refractivity contribution is -0.140. The average molecular weight is 339 g/mol. The molecular formula is C16H25N3O3S. The van der Waals surface area contributed by atoms with Gasteiger partial charge in [0.1, 0.15) is 5.01 Å². The lowest BCUT2D eigenvalue weighted by atomic mass is 10.1. The SMILES string of the molecule is CCOC1CN([C@@H]2CN[C@H](c3ncc(CCC(=O)OC)s3)C2)C1. The Morgan fingerprint density at radius 3 is 3.09 bits per heavy atom. The number of thiazole rings is 1. The lowest BCUT2D eigenvalue weighted by Gasteiger charge is -2.42. The molecule has 2 aliphatic heterocycles. The molecule has 2 saturated heterocycles. The molecule has 0 saturated carbocycles. The molecule has 1 aromatic rings. The Morgan fingerprint density at radius 2 is 2.35 bits per heavy atom. The number of aryl methyl sites for hydroxylation is 1. The van der Waals surface area contributed by atoms with Gasteiger partial charge in [-0.15, -0.1) is 11.3 Å². The van der Waals surface area contributed by atoms with E-state index in [0.717, 1.165) is 42.5 Å². The number of nitrogens with zero attached hydrogens (tertiary/aromatic N) is 2. The van der Waals surface area contributed by atoms with E-state index in [1.807, 2.05) is 6.20 Å². The maximum absolute atomic E-state index is 11.2. The van der Waals surface area contributed by atoms with Gasteiger partial charge in [-0.2, -0.15) is 0 Å². The van der Waals surface area contributed by atoms with Crippen molar-refractivity contribution < 1.29 is 14.3 Å². The normalized spacial score (nSPS) is 25.5. The van der Waals surface area contributed by atoms with E-state index in [4.69, 9.17) is 4.74 Å². The third kappa shape index (κ3) is 4.09. The van der Waals surface area contributed by atoms with E-state index in [1.54, 1.807) is 11.3 Å². The topological polar surface area (TPSA) is 63.7 Å². The predicted octanol–water partition coefficient (Wildman–Crippen LogP) is 1.37. The van der Waals surface area contributed by atoms with Gasteiger partial charge >= 0.3 is 5.97 Å². The Balaban J connectivity index is 1.46. The first-order valence-electron chi connectivity index (χ1n) is 8.30. The summed E-state index contributed by atoms with van der Waals surface area (Å²) in [7, 11) is 1.43. The van der Waals surface area contributed by atoms with Crippen molar-refractivity contribution in [3.63, 3.8) is 0 Å². The zero-order valence-corrected chi connectivity index (χ0v) is 14.6. The van der Waals surface area contributed by atoms with Crippen molar-refractivity contribution in [1.29, 1.82) is 0 Å². The number of aromatic nitrogens is 1. The van der Waals surface area contributed by atoms with Gasteiger partial charge < -0.3 is 14.8 Å². The van der Waals surface area contributed by atoms with Crippen LogP contribution in [0, 0.1) is 0 Å². The third-order valence-corrected chi connectivity index (χ3v) is 5.75. The molecule has 23 heavy (non-hydrogen) atoms. The highest BCUT2D eigenvalue weighted by molar-refractivity contribution is 7.11. The summed E-state index contributed by atoms with van der Waals surface area (Å²) in [5.41, 5.74) is 0. The molecule has 2 aliphatic rings. The molecular weight excluding hydrogens is 314 g/mol. The van der Waals surface area contributed by atoms with Crippen LogP contribution in [0.25, 0.3) is 0 Å². The van der Waals surface area contributed by atoms with Gasteiger partial charge in [0.15, 0.2) is 0 Å².